The Bertz CT molecular complexity index is 392. The molecule has 1 saturated heterocycles. The average molecular weight is 314 g/mol. The van der Waals surface area contributed by atoms with Gasteiger partial charge in [-0.2, -0.15) is 11.8 Å². The molecular weight excluding hydrogens is 292 g/mol. The number of nitrogens with zero attached hydrogens (tertiary/aromatic N) is 1. The Kier molecular flexibility index (Phi) is 6.86. The largest absolute Gasteiger partial charge is 0.383 e. The van der Waals surface area contributed by atoms with Gasteiger partial charge in [-0.05, 0) is 11.4 Å². The van der Waals surface area contributed by atoms with Gasteiger partial charge in [0.2, 0.25) is 5.91 Å². The number of carbonyl (C=O) groups excluding carboxylic acids is 1. The second kappa shape index (κ2) is 8.67. The zero-order chi connectivity index (χ0) is 14.2. The fourth-order valence-corrected chi connectivity index (χ4v) is 3.84. The van der Waals surface area contributed by atoms with Crippen LogP contribution in [0.25, 0.3) is 0 Å². The maximum absolute atomic E-state index is 12.5. The van der Waals surface area contributed by atoms with Crippen molar-refractivity contribution in [3.05, 3.63) is 22.4 Å². The number of thioether (sulfide) groups is 1. The van der Waals surface area contributed by atoms with Gasteiger partial charge in [0, 0.05) is 49.0 Å². The van der Waals surface area contributed by atoms with Crippen LogP contribution in [-0.4, -0.2) is 55.2 Å². The summed E-state index contributed by atoms with van der Waals surface area (Å²) in [4.78, 5) is 15.6. The summed E-state index contributed by atoms with van der Waals surface area (Å²) in [5.41, 5.74) is 0. The van der Waals surface area contributed by atoms with Crippen molar-refractivity contribution in [2.45, 2.75) is 19.0 Å². The molecule has 0 saturated carbocycles. The van der Waals surface area contributed by atoms with E-state index in [4.69, 9.17) is 4.74 Å². The first-order chi connectivity index (χ1) is 9.79. The Morgan fingerprint density at radius 3 is 3.15 bits per heavy atom. The molecule has 1 aliphatic heterocycles. The first-order valence-corrected chi connectivity index (χ1v) is 8.93. The molecule has 0 bridgehead atoms. The first-order valence-electron chi connectivity index (χ1n) is 6.90. The lowest BCUT2D eigenvalue weighted by Crippen LogP contribution is -2.43. The minimum absolute atomic E-state index is 0.218. The lowest BCUT2D eigenvalue weighted by atomic mass is 10.2. The van der Waals surface area contributed by atoms with Gasteiger partial charge < -0.3 is 15.0 Å². The second-order valence-corrected chi connectivity index (χ2v) is 7.00. The first kappa shape index (κ1) is 15.8. The van der Waals surface area contributed by atoms with Crippen LogP contribution >= 0.6 is 23.1 Å². The Morgan fingerprint density at radius 1 is 1.60 bits per heavy atom. The molecule has 0 spiro atoms. The zero-order valence-electron chi connectivity index (χ0n) is 11.8. The van der Waals surface area contributed by atoms with E-state index in [1.54, 1.807) is 18.4 Å². The van der Waals surface area contributed by atoms with Gasteiger partial charge in [0.05, 0.1) is 13.2 Å². The van der Waals surface area contributed by atoms with Crippen LogP contribution in [0.3, 0.4) is 0 Å². The molecule has 1 aliphatic rings. The maximum Gasteiger partial charge on any atom is 0.224 e. The minimum atomic E-state index is 0.218. The topological polar surface area (TPSA) is 41.6 Å². The van der Waals surface area contributed by atoms with E-state index in [9.17, 15) is 4.79 Å². The maximum atomic E-state index is 12.5. The molecule has 0 aromatic carbocycles. The number of hydrogen-bond donors (Lipinski definition) is 1. The number of ether oxygens (including phenoxy) is 1. The van der Waals surface area contributed by atoms with Gasteiger partial charge in [0.15, 0.2) is 0 Å². The normalized spacial score (nSPS) is 18.9. The van der Waals surface area contributed by atoms with Crippen molar-refractivity contribution >= 4 is 29.0 Å². The predicted octanol–water partition coefficient (Wildman–Crippen LogP) is 1.82. The van der Waals surface area contributed by atoms with Crippen molar-refractivity contribution < 1.29 is 9.53 Å². The summed E-state index contributed by atoms with van der Waals surface area (Å²) < 4.78 is 5.12. The summed E-state index contributed by atoms with van der Waals surface area (Å²) in [5, 5.41) is 5.47. The molecule has 0 radical (unpaired) electrons. The van der Waals surface area contributed by atoms with Gasteiger partial charge in [-0.25, -0.2) is 0 Å². The molecule has 2 heterocycles. The van der Waals surface area contributed by atoms with Gasteiger partial charge in [0.1, 0.15) is 0 Å². The van der Waals surface area contributed by atoms with E-state index in [2.05, 4.69) is 11.4 Å². The number of amides is 1. The van der Waals surface area contributed by atoms with Crippen molar-refractivity contribution in [1.29, 1.82) is 0 Å². The van der Waals surface area contributed by atoms with Gasteiger partial charge >= 0.3 is 0 Å². The number of hydrogen-bond acceptors (Lipinski definition) is 5. The van der Waals surface area contributed by atoms with Crippen molar-refractivity contribution in [1.82, 2.24) is 10.2 Å². The molecule has 1 fully saturated rings. The molecule has 1 atom stereocenters. The highest BCUT2D eigenvalue weighted by Gasteiger charge is 2.21. The molecule has 6 heteroatoms. The van der Waals surface area contributed by atoms with E-state index >= 15 is 0 Å². The number of methoxy groups -OCH3 is 1. The summed E-state index contributed by atoms with van der Waals surface area (Å²) in [6.07, 6.45) is 0.585. The third-order valence-electron chi connectivity index (χ3n) is 3.26. The third-order valence-corrected chi connectivity index (χ3v) is 5.26. The van der Waals surface area contributed by atoms with E-state index in [0.717, 1.165) is 18.1 Å². The molecule has 1 unspecified atom stereocenters. The molecule has 4 nitrogen and oxygen atoms in total. The van der Waals surface area contributed by atoms with E-state index in [0.29, 0.717) is 32.2 Å². The highest BCUT2D eigenvalue weighted by Crippen LogP contribution is 2.15. The molecule has 1 aromatic heterocycles. The molecule has 112 valence electrons. The monoisotopic (exact) mass is 314 g/mol. The Morgan fingerprint density at radius 2 is 2.50 bits per heavy atom. The lowest BCUT2D eigenvalue weighted by molar-refractivity contribution is -0.132. The Balaban J connectivity index is 1.88. The predicted molar refractivity (Wildman–Crippen MR) is 85.3 cm³/mol. The minimum Gasteiger partial charge on any atom is -0.383 e. The Hall–Kier alpha value is -0.560. The average Bonchev–Trinajstić information content (AvgIpc) is 2.97. The van der Waals surface area contributed by atoms with Crippen LogP contribution in [0.4, 0.5) is 0 Å². The fraction of sp³-hybridized carbons (Fsp3) is 0.643. The summed E-state index contributed by atoms with van der Waals surface area (Å²) in [7, 11) is 1.67. The van der Waals surface area contributed by atoms with Crippen molar-refractivity contribution in [2.24, 2.45) is 0 Å². The number of rotatable bonds is 7. The molecule has 1 N–H and O–H groups in total. The summed E-state index contributed by atoms with van der Waals surface area (Å²) in [5.74, 6) is 2.39. The Labute approximate surface area is 128 Å². The van der Waals surface area contributed by atoms with Gasteiger partial charge in [0.25, 0.3) is 0 Å². The van der Waals surface area contributed by atoms with Crippen LogP contribution in [0.5, 0.6) is 0 Å². The number of thiophene rings is 1. The van der Waals surface area contributed by atoms with Gasteiger partial charge in [-0.3, -0.25) is 4.79 Å². The van der Waals surface area contributed by atoms with Gasteiger partial charge in [-0.1, -0.05) is 6.07 Å². The van der Waals surface area contributed by atoms with Gasteiger partial charge in [-0.15, -0.1) is 11.3 Å². The number of carbonyl (C=O) groups is 1. The van der Waals surface area contributed by atoms with Crippen molar-refractivity contribution in [2.75, 3.05) is 38.3 Å². The SMILES string of the molecule is COCCN(Cc1cccs1)C(=O)CC1CSCCN1. The van der Waals surface area contributed by atoms with E-state index in [1.165, 1.54) is 4.88 Å². The molecule has 1 amide bonds. The lowest BCUT2D eigenvalue weighted by Gasteiger charge is -2.27. The third kappa shape index (κ3) is 5.09. The summed E-state index contributed by atoms with van der Waals surface area (Å²) in [6, 6.07) is 4.42. The zero-order valence-corrected chi connectivity index (χ0v) is 13.5. The quantitative estimate of drug-likeness (QED) is 0.833. The molecule has 1 aromatic rings. The molecule has 20 heavy (non-hydrogen) atoms. The molecule has 0 aliphatic carbocycles. The highest BCUT2D eigenvalue weighted by atomic mass is 32.2. The summed E-state index contributed by atoms with van der Waals surface area (Å²) >= 11 is 3.62. The van der Waals surface area contributed by atoms with E-state index in [1.807, 2.05) is 28.1 Å². The van der Waals surface area contributed by atoms with Crippen molar-refractivity contribution in [3.8, 4) is 0 Å². The van der Waals surface area contributed by atoms with Crippen LogP contribution in [0.1, 0.15) is 11.3 Å². The fourth-order valence-electron chi connectivity index (χ4n) is 2.17. The molecular formula is C14H22N2O2S2. The standard InChI is InChI=1S/C14H22N2O2S2/c1-18-6-5-16(10-13-3-2-7-20-13)14(17)9-12-11-19-8-4-15-12/h2-3,7,12,15H,4-6,8-11H2,1H3. The molecule has 2 rings (SSSR count). The number of nitrogens with one attached hydrogen (secondary N) is 1. The highest BCUT2D eigenvalue weighted by molar-refractivity contribution is 7.99. The van der Waals surface area contributed by atoms with Crippen LogP contribution < -0.4 is 5.32 Å². The van der Waals surface area contributed by atoms with Crippen molar-refractivity contribution in [3.63, 3.8) is 0 Å². The van der Waals surface area contributed by atoms with E-state index in [-0.39, 0.29) is 5.91 Å². The van der Waals surface area contributed by atoms with Crippen LogP contribution in [0.15, 0.2) is 17.5 Å². The van der Waals surface area contributed by atoms with Crippen LogP contribution in [0.2, 0.25) is 0 Å². The van der Waals surface area contributed by atoms with Crippen LogP contribution in [0, 0.1) is 0 Å². The second-order valence-electron chi connectivity index (χ2n) is 4.82. The smallest absolute Gasteiger partial charge is 0.224 e. The summed E-state index contributed by atoms with van der Waals surface area (Å²) in [6.45, 7) is 2.95. The van der Waals surface area contributed by atoms with Crippen LogP contribution in [-0.2, 0) is 16.1 Å². The van der Waals surface area contributed by atoms with E-state index < -0.39 is 0 Å².